The largest absolute Gasteiger partial charge is 0.398 e. The second-order valence-corrected chi connectivity index (χ2v) is 4.93. The Balaban J connectivity index is 2.39. The fourth-order valence-electron chi connectivity index (χ4n) is 1.49. The van der Waals surface area contributed by atoms with Crippen LogP contribution in [0.4, 0.5) is 5.69 Å². The van der Waals surface area contributed by atoms with Gasteiger partial charge in [0, 0.05) is 21.6 Å². The first-order valence-corrected chi connectivity index (χ1v) is 5.97. The molecule has 0 spiro atoms. The third-order valence-electron chi connectivity index (χ3n) is 2.45. The van der Waals surface area contributed by atoms with E-state index >= 15 is 0 Å². The highest BCUT2D eigenvalue weighted by Gasteiger charge is 2.07. The van der Waals surface area contributed by atoms with E-state index in [1.54, 1.807) is 0 Å². The Labute approximate surface area is 103 Å². The van der Waals surface area contributed by atoms with Crippen molar-refractivity contribution in [3.8, 4) is 11.3 Å². The molecule has 0 bridgehead atoms. The van der Waals surface area contributed by atoms with E-state index < -0.39 is 0 Å². The molecule has 0 amide bonds. The summed E-state index contributed by atoms with van der Waals surface area (Å²) in [7, 11) is 0. The number of halogens is 1. The van der Waals surface area contributed by atoms with E-state index in [1.165, 1.54) is 0 Å². The summed E-state index contributed by atoms with van der Waals surface area (Å²) in [6.45, 7) is 4.22. The van der Waals surface area contributed by atoms with Crippen LogP contribution in [-0.4, -0.2) is 9.97 Å². The molecule has 0 aliphatic carbocycles. The number of benzene rings is 1. The Morgan fingerprint density at radius 2 is 2.12 bits per heavy atom. The number of nitrogen functional groups attached to an aromatic ring is 1. The van der Waals surface area contributed by atoms with Crippen molar-refractivity contribution in [2.45, 2.75) is 19.8 Å². The molecule has 0 aliphatic rings. The summed E-state index contributed by atoms with van der Waals surface area (Å²) in [5.41, 5.74) is 8.64. The maximum absolute atomic E-state index is 5.84. The molecule has 1 aromatic carbocycles. The van der Waals surface area contributed by atoms with Crippen LogP contribution in [0, 0.1) is 0 Å². The third kappa shape index (κ3) is 2.11. The van der Waals surface area contributed by atoms with Gasteiger partial charge in [0.1, 0.15) is 5.82 Å². The maximum atomic E-state index is 5.84. The van der Waals surface area contributed by atoms with Gasteiger partial charge in [-0.25, -0.2) is 4.98 Å². The van der Waals surface area contributed by atoms with Gasteiger partial charge in [-0.1, -0.05) is 19.9 Å². The molecule has 3 nitrogen and oxygen atoms in total. The monoisotopic (exact) mass is 279 g/mol. The van der Waals surface area contributed by atoms with Crippen LogP contribution < -0.4 is 5.73 Å². The number of nitrogens with one attached hydrogen (secondary N) is 1. The van der Waals surface area contributed by atoms with E-state index in [1.807, 2.05) is 24.4 Å². The highest BCUT2D eigenvalue weighted by molar-refractivity contribution is 9.10. The van der Waals surface area contributed by atoms with Crippen molar-refractivity contribution in [1.29, 1.82) is 0 Å². The molecule has 4 heteroatoms. The Kier molecular flexibility index (Phi) is 3.01. The van der Waals surface area contributed by atoms with Gasteiger partial charge in [-0.3, -0.25) is 0 Å². The van der Waals surface area contributed by atoms with Gasteiger partial charge in [-0.15, -0.1) is 0 Å². The summed E-state index contributed by atoms with van der Waals surface area (Å²) in [5.74, 6) is 1.40. The highest BCUT2D eigenvalue weighted by Crippen LogP contribution is 2.26. The number of aromatic nitrogens is 2. The molecule has 0 atom stereocenters. The first-order valence-electron chi connectivity index (χ1n) is 5.18. The predicted molar refractivity (Wildman–Crippen MR) is 70.2 cm³/mol. The average Bonchev–Trinajstić information content (AvgIpc) is 2.71. The summed E-state index contributed by atoms with van der Waals surface area (Å²) in [6, 6.07) is 5.89. The number of nitrogens with zero attached hydrogens (tertiary/aromatic N) is 1. The Hall–Kier alpha value is -1.29. The number of anilines is 1. The molecule has 1 aromatic heterocycles. The number of hydrogen-bond donors (Lipinski definition) is 2. The van der Waals surface area contributed by atoms with Gasteiger partial charge in [0.2, 0.25) is 0 Å². The SMILES string of the molecule is CC(C)c1ncc(-c2ccc(Br)c(N)c2)[nH]1. The van der Waals surface area contributed by atoms with Crippen LogP contribution in [0.15, 0.2) is 28.9 Å². The lowest BCUT2D eigenvalue weighted by molar-refractivity contribution is 0.795. The normalized spacial score (nSPS) is 11.0. The van der Waals surface area contributed by atoms with E-state index in [0.29, 0.717) is 5.92 Å². The van der Waals surface area contributed by atoms with E-state index in [4.69, 9.17) is 5.73 Å². The summed E-state index contributed by atoms with van der Waals surface area (Å²) >= 11 is 3.38. The number of imidazole rings is 1. The van der Waals surface area contributed by atoms with E-state index in [-0.39, 0.29) is 0 Å². The Morgan fingerprint density at radius 3 is 2.69 bits per heavy atom. The molecular formula is C12H14BrN3. The molecule has 0 saturated carbocycles. The number of nitrogens with two attached hydrogens (primary N) is 1. The molecule has 0 aliphatic heterocycles. The fraction of sp³-hybridized carbons (Fsp3) is 0.250. The van der Waals surface area contributed by atoms with Crippen molar-refractivity contribution >= 4 is 21.6 Å². The molecule has 0 saturated heterocycles. The molecule has 0 radical (unpaired) electrons. The fourth-order valence-corrected chi connectivity index (χ4v) is 1.73. The van der Waals surface area contributed by atoms with Crippen LogP contribution in [0.2, 0.25) is 0 Å². The Bertz CT molecular complexity index is 503. The summed E-state index contributed by atoms with van der Waals surface area (Å²) in [4.78, 5) is 7.63. The van der Waals surface area contributed by atoms with Crippen LogP contribution in [-0.2, 0) is 0 Å². The van der Waals surface area contributed by atoms with Crippen molar-refractivity contribution < 1.29 is 0 Å². The molecule has 84 valence electrons. The van der Waals surface area contributed by atoms with Gasteiger partial charge in [-0.05, 0) is 28.1 Å². The van der Waals surface area contributed by atoms with Gasteiger partial charge in [0.25, 0.3) is 0 Å². The number of hydrogen-bond acceptors (Lipinski definition) is 2. The topological polar surface area (TPSA) is 54.7 Å². The second kappa shape index (κ2) is 4.29. The second-order valence-electron chi connectivity index (χ2n) is 4.07. The molecular weight excluding hydrogens is 266 g/mol. The molecule has 0 unspecified atom stereocenters. The first kappa shape index (κ1) is 11.2. The van der Waals surface area contributed by atoms with E-state index in [2.05, 4.69) is 39.7 Å². The van der Waals surface area contributed by atoms with Crippen molar-refractivity contribution in [3.63, 3.8) is 0 Å². The van der Waals surface area contributed by atoms with E-state index in [9.17, 15) is 0 Å². The van der Waals surface area contributed by atoms with Gasteiger partial charge < -0.3 is 10.7 Å². The predicted octanol–water partition coefficient (Wildman–Crippen LogP) is 3.54. The van der Waals surface area contributed by atoms with Crippen LogP contribution in [0.5, 0.6) is 0 Å². The molecule has 0 fully saturated rings. The minimum atomic E-state index is 0.404. The summed E-state index contributed by atoms with van der Waals surface area (Å²) in [5, 5.41) is 0. The van der Waals surface area contributed by atoms with Crippen molar-refractivity contribution in [2.24, 2.45) is 0 Å². The van der Waals surface area contributed by atoms with Crippen molar-refractivity contribution in [2.75, 3.05) is 5.73 Å². The van der Waals surface area contributed by atoms with Gasteiger partial charge in [-0.2, -0.15) is 0 Å². The number of aromatic amines is 1. The number of H-pyrrole nitrogens is 1. The van der Waals surface area contributed by atoms with Crippen LogP contribution >= 0.6 is 15.9 Å². The quantitative estimate of drug-likeness (QED) is 0.826. The van der Waals surface area contributed by atoms with Crippen LogP contribution in [0.3, 0.4) is 0 Å². The lowest BCUT2D eigenvalue weighted by Gasteiger charge is -2.02. The first-order chi connectivity index (χ1) is 7.58. The molecule has 2 aromatic rings. The van der Waals surface area contributed by atoms with Gasteiger partial charge in [0.15, 0.2) is 0 Å². The van der Waals surface area contributed by atoms with Gasteiger partial charge in [0.05, 0.1) is 11.9 Å². The maximum Gasteiger partial charge on any atom is 0.109 e. The number of rotatable bonds is 2. The Morgan fingerprint density at radius 1 is 1.38 bits per heavy atom. The lowest BCUT2D eigenvalue weighted by Crippen LogP contribution is -1.90. The third-order valence-corrected chi connectivity index (χ3v) is 3.17. The minimum absolute atomic E-state index is 0.404. The molecule has 16 heavy (non-hydrogen) atoms. The van der Waals surface area contributed by atoms with Crippen molar-refractivity contribution in [3.05, 3.63) is 34.7 Å². The van der Waals surface area contributed by atoms with Gasteiger partial charge >= 0.3 is 0 Å². The van der Waals surface area contributed by atoms with Crippen LogP contribution in [0.1, 0.15) is 25.6 Å². The molecule has 3 N–H and O–H groups in total. The molecule has 1 heterocycles. The average molecular weight is 280 g/mol. The van der Waals surface area contributed by atoms with Crippen molar-refractivity contribution in [1.82, 2.24) is 9.97 Å². The zero-order valence-electron chi connectivity index (χ0n) is 9.29. The smallest absolute Gasteiger partial charge is 0.109 e. The summed E-state index contributed by atoms with van der Waals surface area (Å²) < 4.78 is 0.917. The summed E-state index contributed by atoms with van der Waals surface area (Å²) in [6.07, 6.45) is 1.85. The standard InChI is InChI=1S/C12H14BrN3/c1-7(2)12-15-6-11(16-12)8-3-4-9(13)10(14)5-8/h3-7H,14H2,1-2H3,(H,15,16). The highest BCUT2D eigenvalue weighted by atomic mass is 79.9. The molecule has 2 rings (SSSR count). The van der Waals surface area contributed by atoms with Crippen LogP contribution in [0.25, 0.3) is 11.3 Å². The van der Waals surface area contributed by atoms with E-state index in [0.717, 1.165) is 27.2 Å². The zero-order valence-corrected chi connectivity index (χ0v) is 10.9. The zero-order chi connectivity index (χ0) is 11.7. The lowest BCUT2D eigenvalue weighted by atomic mass is 10.1. The minimum Gasteiger partial charge on any atom is -0.398 e.